The molecule has 0 aliphatic heterocycles. The van der Waals surface area contributed by atoms with Crippen molar-refractivity contribution in [3.63, 3.8) is 0 Å². The molecular formula is C21H23CrNO5. The summed E-state index contributed by atoms with van der Waals surface area (Å²) in [5, 5.41) is 22.3. The van der Waals surface area contributed by atoms with Crippen molar-refractivity contribution in [2.75, 3.05) is 0 Å². The van der Waals surface area contributed by atoms with Crippen molar-refractivity contribution in [2.24, 2.45) is 0 Å². The molecule has 0 amide bonds. The van der Waals surface area contributed by atoms with E-state index in [-0.39, 0.29) is 17.4 Å². The second-order valence-electron chi connectivity index (χ2n) is 6.00. The van der Waals surface area contributed by atoms with Crippen LogP contribution in [0.4, 0.5) is 0 Å². The summed E-state index contributed by atoms with van der Waals surface area (Å²) in [6.07, 6.45) is 0. The number of nitrogens with zero attached hydrogens (tertiary/aromatic N) is 1. The summed E-state index contributed by atoms with van der Waals surface area (Å²) >= 11 is 0. The standard InChI is InChI=1S/C18H23NO2.3CO.Cr/c1-14-9-7-8-12-16(14)17(18(2,3)20)19(21)13-15-10-5-4-6-11-15;3*1-2;/h4-12,17,20-21H,13H2,1-3H3;;;;/t17-;;;;/m1..../s1. The van der Waals surface area contributed by atoms with Gasteiger partial charge in [0, 0.05) is 23.9 Å². The molecule has 0 spiro atoms. The van der Waals surface area contributed by atoms with E-state index >= 15 is 0 Å². The van der Waals surface area contributed by atoms with Crippen molar-refractivity contribution >= 4 is 0 Å². The number of rotatable bonds is 5. The third-order valence-corrected chi connectivity index (χ3v) is 3.64. The molecule has 148 valence electrons. The van der Waals surface area contributed by atoms with E-state index in [2.05, 4.69) is 20.0 Å². The van der Waals surface area contributed by atoms with Crippen LogP contribution in [-0.2, 0) is 37.9 Å². The van der Waals surface area contributed by atoms with Crippen LogP contribution in [0, 0.1) is 26.9 Å². The maximum Gasteiger partial charge on any atom is 0 e. The minimum Gasteiger partial charge on any atom is 0 e. The molecule has 0 aromatic heterocycles. The first-order valence-corrected chi connectivity index (χ1v) is 7.78. The van der Waals surface area contributed by atoms with Crippen LogP contribution in [0.25, 0.3) is 0 Å². The maximum absolute atomic E-state index is 10.5. The number of hydrogen-bond acceptors (Lipinski definition) is 3. The number of aliphatic hydroxyl groups is 1. The largest absolute Gasteiger partial charge is 0 e. The topological polar surface area (TPSA) is 103 Å². The smallest absolute Gasteiger partial charge is 0 e. The molecule has 0 fully saturated rings. The Morgan fingerprint density at radius 2 is 1.32 bits per heavy atom. The zero-order valence-electron chi connectivity index (χ0n) is 16.0. The predicted molar refractivity (Wildman–Crippen MR) is 95.8 cm³/mol. The molecule has 0 aliphatic carbocycles. The van der Waals surface area contributed by atoms with E-state index < -0.39 is 11.6 Å². The quantitative estimate of drug-likeness (QED) is 0.438. The summed E-state index contributed by atoms with van der Waals surface area (Å²) in [5.41, 5.74) is 1.93. The first-order valence-electron chi connectivity index (χ1n) is 7.78. The summed E-state index contributed by atoms with van der Waals surface area (Å²) in [6.45, 7) is 19.3. The number of hydrogen-bond donors (Lipinski definition) is 2. The van der Waals surface area contributed by atoms with Gasteiger partial charge in [-0.3, -0.25) is 0 Å². The van der Waals surface area contributed by atoms with E-state index in [1.54, 1.807) is 13.8 Å². The number of hydroxylamine groups is 2. The molecule has 2 aromatic carbocycles. The molecule has 0 unspecified atom stereocenters. The van der Waals surface area contributed by atoms with Crippen LogP contribution in [0.3, 0.4) is 0 Å². The molecule has 0 saturated heterocycles. The Bertz CT molecular complexity index is 694. The minimum absolute atomic E-state index is 0. The SMILES string of the molecule is Cc1ccccc1[C@@H](N(O)Cc1ccccc1)C(C)(C)O.[C-]#[O+].[C-]#[O+].[C-]#[O+].[Cr]. The van der Waals surface area contributed by atoms with Gasteiger partial charge in [0.25, 0.3) is 0 Å². The predicted octanol–water partition coefficient (Wildman–Crippen LogP) is 3.58. The van der Waals surface area contributed by atoms with Crippen molar-refractivity contribution in [1.29, 1.82) is 0 Å². The van der Waals surface area contributed by atoms with Gasteiger partial charge in [0.05, 0.1) is 11.6 Å². The summed E-state index contributed by atoms with van der Waals surface area (Å²) in [7, 11) is 0. The Morgan fingerprint density at radius 3 is 1.75 bits per heavy atom. The first kappa shape index (κ1) is 30.8. The molecule has 0 radical (unpaired) electrons. The Labute approximate surface area is 177 Å². The van der Waals surface area contributed by atoms with Crippen molar-refractivity contribution in [1.82, 2.24) is 5.06 Å². The monoisotopic (exact) mass is 421 g/mol. The molecule has 28 heavy (non-hydrogen) atoms. The van der Waals surface area contributed by atoms with Crippen LogP contribution in [-0.4, -0.2) is 21.0 Å². The summed E-state index contributed by atoms with van der Waals surface area (Å²) in [4.78, 5) is 0. The zero-order chi connectivity index (χ0) is 21.5. The van der Waals surface area contributed by atoms with Crippen molar-refractivity contribution in [3.05, 3.63) is 91.2 Å². The van der Waals surface area contributed by atoms with Crippen LogP contribution < -0.4 is 0 Å². The van der Waals surface area contributed by atoms with Crippen LogP contribution in [0.1, 0.15) is 36.6 Å². The van der Waals surface area contributed by atoms with E-state index in [0.717, 1.165) is 16.7 Å². The van der Waals surface area contributed by atoms with Gasteiger partial charge in [-0.05, 0) is 37.5 Å². The maximum atomic E-state index is 10.5. The van der Waals surface area contributed by atoms with Crippen molar-refractivity contribution < 1.29 is 41.6 Å². The Hall–Kier alpha value is -1.93. The third kappa shape index (κ3) is 10.4. The Morgan fingerprint density at radius 1 is 0.893 bits per heavy atom. The molecule has 0 saturated carbocycles. The fourth-order valence-corrected chi connectivity index (χ4v) is 2.66. The van der Waals surface area contributed by atoms with Gasteiger partial charge in [0.1, 0.15) is 0 Å². The van der Waals surface area contributed by atoms with E-state index in [4.69, 9.17) is 14.0 Å². The van der Waals surface area contributed by atoms with Gasteiger partial charge >= 0.3 is 33.9 Å². The van der Waals surface area contributed by atoms with Crippen molar-refractivity contribution in [2.45, 2.75) is 39.0 Å². The van der Waals surface area contributed by atoms with E-state index in [1.165, 1.54) is 5.06 Å². The molecule has 1 atom stereocenters. The van der Waals surface area contributed by atoms with Gasteiger partial charge in [-0.2, -0.15) is 5.06 Å². The van der Waals surface area contributed by atoms with Gasteiger partial charge < -0.3 is 10.3 Å². The average Bonchev–Trinajstić information content (AvgIpc) is 2.68. The minimum atomic E-state index is -1.06. The van der Waals surface area contributed by atoms with E-state index in [1.807, 2.05) is 61.5 Å². The van der Waals surface area contributed by atoms with Gasteiger partial charge in [-0.15, -0.1) is 0 Å². The van der Waals surface area contributed by atoms with Gasteiger partial charge in [-0.25, -0.2) is 0 Å². The molecule has 2 N–H and O–H groups in total. The van der Waals surface area contributed by atoms with Gasteiger partial charge in [0.2, 0.25) is 0 Å². The summed E-state index contributed by atoms with van der Waals surface area (Å²) in [5.74, 6) is 0. The van der Waals surface area contributed by atoms with E-state index in [9.17, 15) is 10.3 Å². The molecule has 6 nitrogen and oxygen atoms in total. The van der Waals surface area contributed by atoms with E-state index in [0.29, 0.717) is 6.54 Å². The van der Waals surface area contributed by atoms with Crippen LogP contribution in [0.5, 0.6) is 0 Å². The fourth-order valence-electron chi connectivity index (χ4n) is 2.66. The van der Waals surface area contributed by atoms with Crippen LogP contribution >= 0.6 is 0 Å². The van der Waals surface area contributed by atoms with Crippen molar-refractivity contribution in [3.8, 4) is 0 Å². The average molecular weight is 421 g/mol. The number of benzene rings is 2. The summed E-state index contributed by atoms with van der Waals surface area (Å²) in [6, 6.07) is 17.1. The Kier molecular flexibility index (Phi) is 18.9. The molecule has 2 aromatic rings. The molecule has 0 bridgehead atoms. The molecule has 7 heteroatoms. The first-order chi connectivity index (χ1) is 12.9. The van der Waals surface area contributed by atoms with Gasteiger partial charge in [-0.1, -0.05) is 54.6 Å². The second-order valence-corrected chi connectivity index (χ2v) is 6.00. The summed E-state index contributed by atoms with van der Waals surface area (Å²) < 4.78 is 22.5. The molecular weight excluding hydrogens is 398 g/mol. The van der Waals surface area contributed by atoms with Crippen LogP contribution in [0.2, 0.25) is 0 Å². The normalized spacial score (nSPS) is 10.3. The fraction of sp³-hybridized carbons (Fsp3) is 0.286. The molecule has 0 heterocycles. The third-order valence-electron chi connectivity index (χ3n) is 3.64. The van der Waals surface area contributed by atoms with Crippen LogP contribution in [0.15, 0.2) is 54.6 Å². The zero-order valence-corrected chi connectivity index (χ0v) is 17.2. The number of aryl methyl sites for hydroxylation is 1. The Balaban J connectivity index is -0.000000815. The molecule has 0 aliphatic rings. The second kappa shape index (κ2) is 17.2. The molecule has 2 rings (SSSR count). The van der Waals surface area contributed by atoms with Gasteiger partial charge in [0.15, 0.2) is 0 Å².